The number of hydrogen-bond donors (Lipinski definition) is 2. The topological polar surface area (TPSA) is 71.7 Å². The number of nitrogens with one attached hydrogen (secondary N) is 1. The smallest absolute Gasteiger partial charge is 0.328 e. The Morgan fingerprint density at radius 3 is 2.50 bits per heavy atom. The Labute approximate surface area is 213 Å². The predicted molar refractivity (Wildman–Crippen MR) is 142 cm³/mol. The van der Waals surface area contributed by atoms with Crippen LogP contribution in [0.25, 0.3) is 11.0 Å². The maximum absolute atomic E-state index is 12.1. The van der Waals surface area contributed by atoms with E-state index in [4.69, 9.17) is 4.74 Å². The van der Waals surface area contributed by atoms with Crippen LogP contribution < -0.4 is 15.7 Å². The summed E-state index contributed by atoms with van der Waals surface area (Å²) < 4.78 is 9.00. The van der Waals surface area contributed by atoms with Gasteiger partial charge in [0.05, 0.1) is 11.0 Å². The van der Waals surface area contributed by atoms with E-state index in [9.17, 15) is 9.90 Å². The lowest BCUT2D eigenvalue weighted by Gasteiger charge is -2.23. The Balaban J connectivity index is 0.00000204. The van der Waals surface area contributed by atoms with Crippen LogP contribution in [0, 0.1) is 0 Å². The number of hydrogen-bond acceptors (Lipinski definition) is 5. The Morgan fingerprint density at radius 2 is 1.79 bits per heavy atom. The summed E-state index contributed by atoms with van der Waals surface area (Å²) >= 11 is 0. The summed E-state index contributed by atoms with van der Waals surface area (Å²) in [6.45, 7) is 6.59. The minimum atomic E-state index is -0.774. The van der Waals surface area contributed by atoms with Crippen LogP contribution >= 0.6 is 24.8 Å². The van der Waals surface area contributed by atoms with Gasteiger partial charge in [0.25, 0.3) is 0 Å². The molecule has 0 bridgehead atoms. The second-order valence-corrected chi connectivity index (χ2v) is 8.68. The zero-order chi connectivity index (χ0) is 22.7. The number of ether oxygens (including phenoxy) is 1. The number of aromatic nitrogens is 2. The summed E-state index contributed by atoms with van der Waals surface area (Å²) in [6.07, 6.45) is 1.81. The summed E-state index contributed by atoms with van der Waals surface area (Å²) in [5, 5.41) is 14.2. The maximum Gasteiger partial charge on any atom is 0.328 e. The normalized spacial score (nSPS) is 16.8. The van der Waals surface area contributed by atoms with Gasteiger partial charge >= 0.3 is 5.69 Å². The Hall–Kier alpha value is -2.03. The lowest BCUT2D eigenvalue weighted by Crippen LogP contribution is -2.37. The highest BCUT2D eigenvalue weighted by molar-refractivity contribution is 5.85. The third-order valence-electron chi connectivity index (χ3n) is 6.63. The molecule has 1 aromatic heterocycles. The molecule has 1 aliphatic rings. The molecule has 7 nitrogen and oxygen atoms in total. The number of rotatable bonds is 9. The highest BCUT2D eigenvalue weighted by Gasteiger charge is 2.22. The fourth-order valence-corrected chi connectivity index (χ4v) is 4.63. The Bertz CT molecular complexity index is 1110. The largest absolute Gasteiger partial charge is 0.491 e. The van der Waals surface area contributed by atoms with Crippen molar-refractivity contribution in [1.29, 1.82) is 0 Å². The Morgan fingerprint density at radius 1 is 1.09 bits per heavy atom. The molecule has 2 heterocycles. The Kier molecular flexibility index (Phi) is 10.5. The maximum atomic E-state index is 12.1. The number of aryl methyl sites for hydroxylation is 2. The standard InChI is InChI=1S/C25H34N4O3.2ClH/c1-4-29-13-5-6-20(29)16-26-15-18-7-10-21(11-8-18)32-17-24(30)19-9-12-22-23(14-19)28(3)25(31)27(22)2;;/h7-12,14,20,24,26,30H,4-6,13,15-17H2,1-3H3;2*1H. The molecule has 34 heavy (non-hydrogen) atoms. The number of nitrogens with zero attached hydrogens (tertiary/aromatic N) is 3. The van der Waals surface area contributed by atoms with Crippen LogP contribution in [-0.2, 0) is 20.6 Å². The van der Waals surface area contributed by atoms with E-state index in [1.54, 1.807) is 23.2 Å². The molecule has 2 unspecified atom stereocenters. The first-order valence-electron chi connectivity index (χ1n) is 11.5. The minimum Gasteiger partial charge on any atom is -0.491 e. The van der Waals surface area contributed by atoms with E-state index in [0.29, 0.717) is 6.04 Å². The highest BCUT2D eigenvalue weighted by Crippen LogP contribution is 2.21. The number of aliphatic hydroxyl groups is 1. The predicted octanol–water partition coefficient (Wildman–Crippen LogP) is 3.41. The van der Waals surface area contributed by atoms with Gasteiger partial charge in [0.1, 0.15) is 18.5 Å². The van der Waals surface area contributed by atoms with Crippen LogP contribution in [0.2, 0.25) is 0 Å². The number of aliphatic hydroxyl groups excluding tert-OH is 1. The van der Waals surface area contributed by atoms with Crippen molar-refractivity contribution in [3.05, 3.63) is 64.1 Å². The first-order valence-corrected chi connectivity index (χ1v) is 11.5. The average molecular weight is 511 g/mol. The van der Waals surface area contributed by atoms with E-state index in [1.165, 1.54) is 24.9 Å². The fraction of sp³-hybridized carbons (Fsp3) is 0.480. The van der Waals surface area contributed by atoms with Crippen LogP contribution in [0.4, 0.5) is 0 Å². The third-order valence-corrected chi connectivity index (χ3v) is 6.63. The van der Waals surface area contributed by atoms with Crippen molar-refractivity contribution >= 4 is 35.8 Å². The van der Waals surface area contributed by atoms with Crippen LogP contribution in [-0.4, -0.2) is 51.4 Å². The number of benzene rings is 2. The summed E-state index contributed by atoms with van der Waals surface area (Å²) in [5.41, 5.74) is 3.50. The van der Waals surface area contributed by atoms with Gasteiger partial charge in [-0.05, 0) is 61.3 Å². The third kappa shape index (κ3) is 6.15. The molecule has 2 N–H and O–H groups in total. The van der Waals surface area contributed by atoms with Gasteiger partial charge in [-0.3, -0.25) is 14.0 Å². The number of halogens is 2. The molecule has 188 valence electrons. The molecule has 1 aliphatic heterocycles. The van der Waals surface area contributed by atoms with E-state index in [0.717, 1.165) is 42.0 Å². The molecular formula is C25H36Cl2N4O3. The highest BCUT2D eigenvalue weighted by atomic mass is 35.5. The van der Waals surface area contributed by atoms with Gasteiger partial charge in [-0.2, -0.15) is 0 Å². The van der Waals surface area contributed by atoms with Crippen molar-refractivity contribution in [2.45, 2.75) is 38.5 Å². The number of likely N-dealkylation sites (tertiary alicyclic amines) is 1. The summed E-state index contributed by atoms with van der Waals surface area (Å²) in [6, 6.07) is 14.2. The van der Waals surface area contributed by atoms with Crippen molar-refractivity contribution in [1.82, 2.24) is 19.4 Å². The molecule has 3 aromatic rings. The molecule has 2 aromatic carbocycles. The van der Waals surface area contributed by atoms with E-state index in [-0.39, 0.29) is 37.1 Å². The molecule has 9 heteroatoms. The van der Waals surface area contributed by atoms with Crippen LogP contribution in [0.5, 0.6) is 5.75 Å². The molecule has 0 spiro atoms. The van der Waals surface area contributed by atoms with Crippen LogP contribution in [0.15, 0.2) is 47.3 Å². The second-order valence-electron chi connectivity index (χ2n) is 8.68. The van der Waals surface area contributed by atoms with E-state index >= 15 is 0 Å². The summed E-state index contributed by atoms with van der Waals surface area (Å²) in [4.78, 5) is 14.6. The van der Waals surface area contributed by atoms with Gasteiger partial charge in [-0.15, -0.1) is 24.8 Å². The van der Waals surface area contributed by atoms with Gasteiger partial charge < -0.3 is 15.2 Å². The number of likely N-dealkylation sites (N-methyl/N-ethyl adjacent to an activating group) is 1. The lowest BCUT2D eigenvalue weighted by molar-refractivity contribution is 0.108. The van der Waals surface area contributed by atoms with Gasteiger partial charge in [-0.1, -0.05) is 25.1 Å². The van der Waals surface area contributed by atoms with Crippen molar-refractivity contribution in [3.63, 3.8) is 0 Å². The molecule has 0 amide bonds. The van der Waals surface area contributed by atoms with Crippen molar-refractivity contribution in [2.75, 3.05) is 26.2 Å². The zero-order valence-electron chi connectivity index (χ0n) is 20.1. The van der Waals surface area contributed by atoms with Gasteiger partial charge in [0.2, 0.25) is 0 Å². The lowest BCUT2D eigenvalue weighted by atomic mass is 10.1. The molecule has 0 radical (unpaired) electrons. The molecule has 4 rings (SSSR count). The van der Waals surface area contributed by atoms with Crippen molar-refractivity contribution in [2.24, 2.45) is 14.1 Å². The molecule has 0 saturated carbocycles. The molecule has 2 atom stereocenters. The minimum absolute atomic E-state index is 0. The first-order chi connectivity index (χ1) is 15.5. The van der Waals surface area contributed by atoms with Crippen LogP contribution in [0.3, 0.4) is 0 Å². The van der Waals surface area contributed by atoms with Crippen molar-refractivity contribution < 1.29 is 9.84 Å². The summed E-state index contributed by atoms with van der Waals surface area (Å²) in [7, 11) is 3.49. The quantitative estimate of drug-likeness (QED) is 0.461. The van der Waals surface area contributed by atoms with Gasteiger partial charge in [0.15, 0.2) is 0 Å². The van der Waals surface area contributed by atoms with Crippen molar-refractivity contribution in [3.8, 4) is 5.75 Å². The second kappa shape index (κ2) is 12.6. The van der Waals surface area contributed by atoms with E-state index < -0.39 is 6.10 Å². The van der Waals surface area contributed by atoms with E-state index in [2.05, 4.69) is 29.3 Å². The molecule has 0 aliphatic carbocycles. The van der Waals surface area contributed by atoms with Gasteiger partial charge in [0, 0.05) is 33.2 Å². The van der Waals surface area contributed by atoms with Gasteiger partial charge in [-0.25, -0.2) is 4.79 Å². The van der Waals surface area contributed by atoms with Crippen LogP contribution in [0.1, 0.15) is 37.0 Å². The fourth-order valence-electron chi connectivity index (χ4n) is 4.63. The number of imidazole rings is 1. The zero-order valence-corrected chi connectivity index (χ0v) is 21.7. The number of fused-ring (bicyclic) bond motifs is 1. The first kappa shape index (κ1) is 28.2. The van der Waals surface area contributed by atoms with E-state index in [1.807, 2.05) is 30.3 Å². The average Bonchev–Trinajstić information content (AvgIpc) is 3.36. The molecule has 1 saturated heterocycles. The molecular weight excluding hydrogens is 475 g/mol. The summed E-state index contributed by atoms with van der Waals surface area (Å²) in [5.74, 6) is 0.731. The molecule has 1 fully saturated rings. The monoisotopic (exact) mass is 510 g/mol. The SMILES string of the molecule is CCN1CCCC1CNCc1ccc(OCC(O)c2ccc3c(c2)n(C)c(=O)n3C)cc1.Cl.Cl.